The number of nitrogens with zero attached hydrogens (tertiary/aromatic N) is 1. The molecule has 0 aliphatic heterocycles. The van der Waals surface area contributed by atoms with Crippen LogP contribution < -0.4 is 11.3 Å². The molecule has 1 atom stereocenters. The van der Waals surface area contributed by atoms with Gasteiger partial charge in [0, 0.05) is 23.1 Å². The predicted octanol–water partition coefficient (Wildman–Crippen LogP) is 2.41. The number of hydrogen-bond donors (Lipinski definition) is 2. The second kappa shape index (κ2) is 5.00. The summed E-state index contributed by atoms with van der Waals surface area (Å²) in [4.78, 5) is 4.45. The molecule has 0 fully saturated rings. The molecule has 0 aliphatic rings. The Morgan fingerprint density at radius 2 is 2.24 bits per heavy atom. The lowest BCUT2D eigenvalue weighted by molar-refractivity contribution is 0.484. The van der Waals surface area contributed by atoms with E-state index in [4.69, 9.17) is 10.3 Å². The Hall–Kier alpha value is -1.17. The molecule has 3 N–H and O–H groups in total. The average molecular weight is 251 g/mol. The van der Waals surface area contributed by atoms with Gasteiger partial charge in [-0.05, 0) is 26.8 Å². The van der Waals surface area contributed by atoms with Crippen molar-refractivity contribution in [2.75, 3.05) is 0 Å². The minimum absolute atomic E-state index is 0.0537. The summed E-state index contributed by atoms with van der Waals surface area (Å²) in [6, 6.07) is 2.08. The van der Waals surface area contributed by atoms with Gasteiger partial charge in [0.1, 0.15) is 11.5 Å². The van der Waals surface area contributed by atoms with Crippen molar-refractivity contribution in [2.45, 2.75) is 33.2 Å². The van der Waals surface area contributed by atoms with Gasteiger partial charge in [0.25, 0.3) is 0 Å². The second-order valence-corrected chi connectivity index (χ2v) is 5.12. The summed E-state index contributed by atoms with van der Waals surface area (Å²) in [5.41, 5.74) is 5.00. The molecule has 0 saturated heterocycles. The summed E-state index contributed by atoms with van der Waals surface area (Å²) in [5.74, 6) is 7.45. The van der Waals surface area contributed by atoms with Gasteiger partial charge in [-0.25, -0.2) is 4.98 Å². The number of furan rings is 1. The van der Waals surface area contributed by atoms with Gasteiger partial charge in [-0.15, -0.1) is 11.3 Å². The lowest BCUT2D eigenvalue weighted by Gasteiger charge is -2.13. The van der Waals surface area contributed by atoms with E-state index < -0.39 is 0 Å². The molecule has 0 radical (unpaired) electrons. The number of thiazole rings is 1. The van der Waals surface area contributed by atoms with E-state index in [0.29, 0.717) is 0 Å². The topological polar surface area (TPSA) is 64.1 Å². The van der Waals surface area contributed by atoms with Gasteiger partial charge in [0.15, 0.2) is 0 Å². The Kier molecular flexibility index (Phi) is 3.61. The quantitative estimate of drug-likeness (QED) is 0.647. The van der Waals surface area contributed by atoms with Crippen LogP contribution in [0.3, 0.4) is 0 Å². The highest BCUT2D eigenvalue weighted by Crippen LogP contribution is 2.25. The minimum atomic E-state index is 0.0537. The molecule has 1 unspecified atom stereocenters. The van der Waals surface area contributed by atoms with Crippen LogP contribution in [-0.2, 0) is 6.42 Å². The molecule has 2 aromatic rings. The number of nitrogens with one attached hydrogen (secondary N) is 1. The van der Waals surface area contributed by atoms with Crippen LogP contribution in [0.4, 0.5) is 0 Å². The van der Waals surface area contributed by atoms with Gasteiger partial charge in [-0.3, -0.25) is 11.3 Å². The highest BCUT2D eigenvalue weighted by atomic mass is 32.1. The van der Waals surface area contributed by atoms with Crippen LogP contribution in [0.15, 0.2) is 15.9 Å². The lowest BCUT2D eigenvalue weighted by Crippen LogP contribution is -2.29. The molecule has 0 aromatic carbocycles. The van der Waals surface area contributed by atoms with Crippen molar-refractivity contribution in [1.82, 2.24) is 10.4 Å². The maximum Gasteiger partial charge on any atom is 0.105 e. The largest absolute Gasteiger partial charge is 0.466 e. The van der Waals surface area contributed by atoms with E-state index in [1.165, 1.54) is 0 Å². The van der Waals surface area contributed by atoms with Crippen LogP contribution >= 0.6 is 11.3 Å². The summed E-state index contributed by atoms with van der Waals surface area (Å²) in [7, 11) is 0. The van der Waals surface area contributed by atoms with Crippen molar-refractivity contribution >= 4 is 11.3 Å². The Balaban J connectivity index is 2.19. The molecule has 0 aliphatic carbocycles. The first kappa shape index (κ1) is 12.3. The zero-order valence-electron chi connectivity index (χ0n) is 10.3. The van der Waals surface area contributed by atoms with E-state index in [1.807, 2.05) is 26.8 Å². The summed E-state index contributed by atoms with van der Waals surface area (Å²) in [5, 5.41) is 3.14. The molecule has 4 nitrogen and oxygen atoms in total. The van der Waals surface area contributed by atoms with Crippen LogP contribution in [0.25, 0.3) is 0 Å². The van der Waals surface area contributed by atoms with E-state index in [-0.39, 0.29) is 6.04 Å². The molecule has 92 valence electrons. The average Bonchev–Trinajstić information content (AvgIpc) is 2.82. The van der Waals surface area contributed by atoms with E-state index in [2.05, 4.69) is 15.8 Å². The van der Waals surface area contributed by atoms with Gasteiger partial charge in [0.2, 0.25) is 0 Å². The fourth-order valence-corrected chi connectivity index (χ4v) is 2.75. The molecule has 2 rings (SSSR count). The first-order chi connectivity index (χ1) is 8.10. The van der Waals surface area contributed by atoms with Crippen molar-refractivity contribution in [3.05, 3.63) is 39.2 Å². The highest BCUT2D eigenvalue weighted by molar-refractivity contribution is 7.09. The third kappa shape index (κ3) is 2.74. The zero-order chi connectivity index (χ0) is 12.4. The van der Waals surface area contributed by atoms with Gasteiger partial charge in [-0.1, -0.05) is 0 Å². The van der Waals surface area contributed by atoms with E-state index in [1.54, 1.807) is 11.3 Å². The fourth-order valence-electron chi connectivity index (χ4n) is 1.93. The molecule has 0 amide bonds. The van der Waals surface area contributed by atoms with E-state index in [9.17, 15) is 0 Å². The summed E-state index contributed by atoms with van der Waals surface area (Å²) < 4.78 is 5.53. The van der Waals surface area contributed by atoms with Crippen LogP contribution in [0, 0.1) is 20.8 Å². The smallest absolute Gasteiger partial charge is 0.105 e. The summed E-state index contributed by atoms with van der Waals surface area (Å²) in [6.45, 7) is 5.90. The monoisotopic (exact) mass is 251 g/mol. The fraction of sp³-hybridized carbons (Fsp3) is 0.417. The molecule has 0 spiro atoms. The van der Waals surface area contributed by atoms with Crippen molar-refractivity contribution in [1.29, 1.82) is 0 Å². The van der Waals surface area contributed by atoms with Crippen LogP contribution in [0.2, 0.25) is 0 Å². The van der Waals surface area contributed by atoms with Gasteiger partial charge in [-0.2, -0.15) is 0 Å². The van der Waals surface area contributed by atoms with Crippen molar-refractivity contribution in [3.8, 4) is 0 Å². The molecule has 0 bridgehead atoms. The number of rotatable bonds is 4. The van der Waals surface area contributed by atoms with Crippen molar-refractivity contribution in [2.24, 2.45) is 5.84 Å². The van der Waals surface area contributed by atoms with Gasteiger partial charge in [0.05, 0.1) is 11.0 Å². The molecule has 5 heteroatoms. The van der Waals surface area contributed by atoms with Gasteiger partial charge < -0.3 is 4.42 Å². The number of hydrogen-bond acceptors (Lipinski definition) is 5. The Labute approximate surface area is 105 Å². The standard InChI is InChI=1S/C12H17N3OS/c1-7-6-17-12(14-7)5-11(15-13)10-4-8(2)16-9(10)3/h4,6,11,15H,5,13H2,1-3H3. The molecule has 2 heterocycles. The zero-order valence-corrected chi connectivity index (χ0v) is 11.1. The van der Waals surface area contributed by atoms with Crippen LogP contribution in [0.1, 0.15) is 33.8 Å². The molecular weight excluding hydrogens is 234 g/mol. The Bertz CT molecular complexity index is 504. The van der Waals surface area contributed by atoms with Gasteiger partial charge >= 0.3 is 0 Å². The van der Waals surface area contributed by atoms with E-state index in [0.717, 1.165) is 34.2 Å². The number of aryl methyl sites for hydroxylation is 3. The van der Waals surface area contributed by atoms with Crippen molar-refractivity contribution < 1.29 is 4.42 Å². The number of aromatic nitrogens is 1. The van der Waals surface area contributed by atoms with Crippen molar-refractivity contribution in [3.63, 3.8) is 0 Å². The second-order valence-electron chi connectivity index (χ2n) is 4.17. The van der Waals surface area contributed by atoms with E-state index >= 15 is 0 Å². The first-order valence-electron chi connectivity index (χ1n) is 5.54. The maximum atomic E-state index is 5.62. The Morgan fingerprint density at radius 1 is 1.47 bits per heavy atom. The number of hydrazine groups is 1. The maximum absolute atomic E-state index is 5.62. The molecule has 0 saturated carbocycles. The molecule has 17 heavy (non-hydrogen) atoms. The lowest BCUT2D eigenvalue weighted by atomic mass is 10.1. The number of nitrogens with two attached hydrogens (primary N) is 1. The Morgan fingerprint density at radius 3 is 2.71 bits per heavy atom. The first-order valence-corrected chi connectivity index (χ1v) is 6.42. The summed E-state index contributed by atoms with van der Waals surface area (Å²) in [6.07, 6.45) is 0.787. The highest BCUT2D eigenvalue weighted by Gasteiger charge is 2.17. The SMILES string of the molecule is Cc1csc(CC(NN)c2cc(C)oc2C)n1. The third-order valence-electron chi connectivity index (χ3n) is 2.70. The third-order valence-corrected chi connectivity index (χ3v) is 3.69. The van der Waals surface area contributed by atoms with Crippen LogP contribution in [-0.4, -0.2) is 4.98 Å². The molecular formula is C12H17N3OS. The normalized spacial score (nSPS) is 12.9. The van der Waals surface area contributed by atoms with Crippen LogP contribution in [0.5, 0.6) is 0 Å². The summed E-state index contributed by atoms with van der Waals surface area (Å²) >= 11 is 1.66. The molecule has 2 aromatic heterocycles. The predicted molar refractivity (Wildman–Crippen MR) is 68.8 cm³/mol. The minimum Gasteiger partial charge on any atom is -0.466 e.